The minimum absolute atomic E-state index is 0.0910. The maximum atomic E-state index is 13.0. The van der Waals surface area contributed by atoms with Crippen molar-refractivity contribution < 1.29 is 19.0 Å². The van der Waals surface area contributed by atoms with E-state index < -0.39 is 5.91 Å². The van der Waals surface area contributed by atoms with Crippen LogP contribution in [0.3, 0.4) is 0 Å². The molecule has 1 aliphatic carbocycles. The number of carbonyl (C=O) groups excluding carboxylic acids is 1. The molecular weight excluding hydrogens is 673 g/mol. The molecule has 0 atom stereocenters. The van der Waals surface area contributed by atoms with E-state index in [1.165, 1.54) is 49.4 Å². The molecule has 3 aromatic rings. The van der Waals surface area contributed by atoms with Crippen LogP contribution in [-0.4, -0.2) is 42.1 Å². The molecule has 0 aromatic heterocycles. The number of thioether (sulfide) groups is 1. The summed E-state index contributed by atoms with van der Waals surface area (Å²) in [7, 11) is 1.59. The summed E-state index contributed by atoms with van der Waals surface area (Å²) in [6.07, 6.45) is 8.25. The highest BCUT2D eigenvalue weighted by molar-refractivity contribution is 14.1. The number of methoxy groups -OCH3 is 1. The largest absolute Gasteiger partial charge is 0.493 e. The summed E-state index contributed by atoms with van der Waals surface area (Å²) in [4.78, 5) is 18.9. The smallest absolute Gasteiger partial charge is 0.283 e. The first-order valence-corrected chi connectivity index (χ1v) is 16.4. The van der Waals surface area contributed by atoms with Gasteiger partial charge in [-0.15, -0.1) is 0 Å². The number of benzene rings is 3. The number of nitrogens with zero attached hydrogens (tertiary/aromatic N) is 2. The van der Waals surface area contributed by atoms with Crippen LogP contribution >= 0.6 is 34.4 Å². The van der Waals surface area contributed by atoms with Gasteiger partial charge in [-0.2, -0.15) is 4.99 Å². The van der Waals surface area contributed by atoms with Crippen molar-refractivity contribution in [2.24, 2.45) is 4.99 Å². The summed E-state index contributed by atoms with van der Waals surface area (Å²) < 4.78 is 18.5. The van der Waals surface area contributed by atoms with Crippen molar-refractivity contribution in [2.75, 3.05) is 20.3 Å². The van der Waals surface area contributed by atoms with Crippen molar-refractivity contribution in [3.05, 3.63) is 98.0 Å². The predicted octanol–water partition coefficient (Wildman–Crippen LogP) is 8.11. The fourth-order valence-electron chi connectivity index (χ4n) is 5.62. The fraction of sp³-hybridized carbons (Fsp3) is 0.265. The second kappa shape index (κ2) is 13.4. The summed E-state index contributed by atoms with van der Waals surface area (Å²) in [5.41, 5.74) is 4.11. The SMILES string of the molecule is COc1cc(/C=C2/C(=N)N3C(c4ccccc4)=CSC3=NC2=O)cc(I)c1OCCOc1ccc(C2CCCCC2)cc1. The number of amides is 1. The minimum Gasteiger partial charge on any atom is -0.493 e. The Kier molecular flexibility index (Phi) is 9.18. The minimum atomic E-state index is -0.440. The number of aliphatic imine (C=N–C) groups is 1. The summed E-state index contributed by atoms with van der Waals surface area (Å²) in [5.74, 6) is 2.30. The molecule has 0 saturated heterocycles. The van der Waals surface area contributed by atoms with Gasteiger partial charge in [0.1, 0.15) is 24.8 Å². The highest BCUT2D eigenvalue weighted by Gasteiger charge is 2.36. The standard InChI is InChI=1S/C34H32IN3O4S/c1-40-30-20-22(18-27-32(36)38-29(25-10-6-3-7-11-25)21-43-34(38)37-33(27)39)19-28(35)31(30)42-17-16-41-26-14-12-24(13-15-26)23-8-4-2-5-9-23/h3,6-7,10-15,18-21,23,36H,2,4-5,8-9,16-17H2,1H3/b27-18-,36-32?. The molecule has 0 unspecified atom stereocenters. The van der Waals surface area contributed by atoms with Crippen LogP contribution in [0.1, 0.15) is 54.7 Å². The van der Waals surface area contributed by atoms with Gasteiger partial charge in [0, 0.05) is 5.41 Å². The summed E-state index contributed by atoms with van der Waals surface area (Å²) in [6.45, 7) is 0.740. The molecule has 0 spiro atoms. The molecule has 1 N–H and O–H groups in total. The molecule has 3 aromatic carbocycles. The van der Waals surface area contributed by atoms with E-state index >= 15 is 0 Å². The van der Waals surface area contributed by atoms with Crippen molar-refractivity contribution in [3.8, 4) is 17.2 Å². The second-order valence-electron chi connectivity index (χ2n) is 10.6. The molecule has 0 bridgehead atoms. The molecule has 2 aliphatic heterocycles. The van der Waals surface area contributed by atoms with E-state index in [-0.39, 0.29) is 11.4 Å². The van der Waals surface area contributed by atoms with E-state index in [2.05, 4.69) is 39.7 Å². The molecule has 1 amide bonds. The Hall–Kier alpha value is -3.57. The van der Waals surface area contributed by atoms with Gasteiger partial charge in [0.15, 0.2) is 16.7 Å². The monoisotopic (exact) mass is 705 g/mol. The normalized spacial score (nSPS) is 17.9. The molecule has 9 heteroatoms. The van der Waals surface area contributed by atoms with Crippen LogP contribution in [-0.2, 0) is 4.79 Å². The van der Waals surface area contributed by atoms with Crippen LogP contribution in [0.2, 0.25) is 0 Å². The highest BCUT2D eigenvalue weighted by atomic mass is 127. The Labute approximate surface area is 269 Å². The van der Waals surface area contributed by atoms with Crippen LogP contribution in [0.25, 0.3) is 11.8 Å². The average molecular weight is 706 g/mol. The number of halogens is 1. The van der Waals surface area contributed by atoms with Crippen LogP contribution in [0, 0.1) is 8.98 Å². The van der Waals surface area contributed by atoms with E-state index in [1.807, 2.05) is 60.0 Å². The number of carbonyl (C=O) groups is 1. The Morgan fingerprint density at radius 1 is 1.02 bits per heavy atom. The molecule has 220 valence electrons. The lowest BCUT2D eigenvalue weighted by Gasteiger charge is -2.27. The average Bonchev–Trinajstić information content (AvgIpc) is 3.47. The molecule has 43 heavy (non-hydrogen) atoms. The Bertz CT molecular complexity index is 1610. The van der Waals surface area contributed by atoms with Crippen molar-refractivity contribution in [1.29, 1.82) is 5.41 Å². The van der Waals surface area contributed by atoms with Crippen molar-refractivity contribution in [3.63, 3.8) is 0 Å². The van der Waals surface area contributed by atoms with Gasteiger partial charge >= 0.3 is 0 Å². The topological polar surface area (TPSA) is 84.2 Å². The Morgan fingerprint density at radius 2 is 1.77 bits per heavy atom. The number of fused-ring (bicyclic) bond motifs is 1. The molecule has 6 rings (SSSR count). The number of hydrogen-bond donors (Lipinski definition) is 1. The van der Waals surface area contributed by atoms with Gasteiger partial charge in [0.05, 0.1) is 22.0 Å². The van der Waals surface area contributed by atoms with Gasteiger partial charge in [0.25, 0.3) is 5.91 Å². The zero-order valence-corrected chi connectivity index (χ0v) is 26.8. The van der Waals surface area contributed by atoms with E-state index in [0.29, 0.717) is 41.4 Å². The molecule has 1 fully saturated rings. The molecule has 2 heterocycles. The van der Waals surface area contributed by atoms with E-state index in [4.69, 9.17) is 19.6 Å². The first kappa shape index (κ1) is 29.5. The molecule has 1 saturated carbocycles. The predicted molar refractivity (Wildman–Crippen MR) is 181 cm³/mol. The lowest BCUT2D eigenvalue weighted by molar-refractivity contribution is -0.114. The fourth-order valence-corrected chi connectivity index (χ4v) is 7.29. The lowest BCUT2D eigenvalue weighted by Crippen LogP contribution is -2.38. The molecular formula is C34H32IN3O4S. The quantitative estimate of drug-likeness (QED) is 0.138. The number of rotatable bonds is 9. The zero-order valence-electron chi connectivity index (χ0n) is 23.8. The van der Waals surface area contributed by atoms with Crippen LogP contribution < -0.4 is 14.2 Å². The lowest BCUT2D eigenvalue weighted by atomic mass is 9.84. The zero-order chi connectivity index (χ0) is 29.8. The van der Waals surface area contributed by atoms with Crippen LogP contribution in [0.5, 0.6) is 17.2 Å². The van der Waals surface area contributed by atoms with Gasteiger partial charge in [-0.1, -0.05) is 73.5 Å². The molecule has 3 aliphatic rings. The molecule has 0 radical (unpaired) electrons. The summed E-state index contributed by atoms with van der Waals surface area (Å²) in [5, 5.41) is 11.3. The summed E-state index contributed by atoms with van der Waals surface area (Å²) >= 11 is 3.55. The highest BCUT2D eigenvalue weighted by Crippen LogP contribution is 2.39. The van der Waals surface area contributed by atoms with Crippen molar-refractivity contribution >= 4 is 63.0 Å². The van der Waals surface area contributed by atoms with Crippen LogP contribution in [0.15, 0.2) is 82.7 Å². The first-order chi connectivity index (χ1) is 21.0. The van der Waals surface area contributed by atoms with E-state index in [0.717, 1.165) is 20.6 Å². The van der Waals surface area contributed by atoms with E-state index in [9.17, 15) is 4.79 Å². The number of nitrogens with one attached hydrogen (secondary N) is 1. The van der Waals surface area contributed by atoms with Gasteiger partial charge < -0.3 is 14.2 Å². The third-order valence-corrected chi connectivity index (χ3v) is 9.43. The Morgan fingerprint density at radius 3 is 2.51 bits per heavy atom. The number of amidine groups is 2. The maximum absolute atomic E-state index is 13.0. The van der Waals surface area contributed by atoms with Crippen molar-refractivity contribution in [2.45, 2.75) is 38.0 Å². The van der Waals surface area contributed by atoms with Crippen LogP contribution in [0.4, 0.5) is 0 Å². The number of hydrogen-bond acceptors (Lipinski definition) is 6. The Balaban J connectivity index is 1.12. The first-order valence-electron chi connectivity index (χ1n) is 14.4. The second-order valence-corrected chi connectivity index (χ2v) is 12.6. The number of ether oxygens (including phenoxy) is 3. The van der Waals surface area contributed by atoms with Gasteiger partial charge in [-0.3, -0.25) is 15.1 Å². The van der Waals surface area contributed by atoms with Gasteiger partial charge in [0.2, 0.25) is 0 Å². The van der Waals surface area contributed by atoms with Crippen molar-refractivity contribution in [1.82, 2.24) is 4.90 Å². The van der Waals surface area contributed by atoms with E-state index in [1.54, 1.807) is 18.1 Å². The third-order valence-electron chi connectivity index (χ3n) is 7.80. The van der Waals surface area contributed by atoms with Gasteiger partial charge in [-0.25, -0.2) is 0 Å². The third kappa shape index (κ3) is 6.52. The molecule has 7 nitrogen and oxygen atoms in total. The van der Waals surface area contributed by atoms with Gasteiger partial charge in [-0.05, 0) is 88.4 Å². The summed E-state index contributed by atoms with van der Waals surface area (Å²) in [6, 6.07) is 22.0. The maximum Gasteiger partial charge on any atom is 0.283 e.